The Morgan fingerprint density at radius 3 is 2.65 bits per heavy atom. The van der Waals surface area contributed by atoms with E-state index >= 15 is 0 Å². The number of likely N-dealkylation sites (tertiary alicyclic amines) is 1. The van der Waals surface area contributed by atoms with Gasteiger partial charge in [-0.3, -0.25) is 0 Å². The quantitative estimate of drug-likeness (QED) is 0.909. The Kier molecular flexibility index (Phi) is 4.39. The lowest BCUT2D eigenvalue weighted by molar-refractivity contribution is 0.169. The molecule has 2 saturated heterocycles. The summed E-state index contributed by atoms with van der Waals surface area (Å²) in [6.07, 6.45) is 3.65. The maximum atomic E-state index is 5.48. The molecule has 2 aliphatic heterocycles. The van der Waals surface area contributed by atoms with Gasteiger partial charge in [0, 0.05) is 24.6 Å². The summed E-state index contributed by atoms with van der Waals surface area (Å²) in [6, 6.07) is 11.6. The van der Waals surface area contributed by atoms with Crippen molar-refractivity contribution >= 4 is 0 Å². The zero-order valence-electron chi connectivity index (χ0n) is 12.5. The zero-order chi connectivity index (χ0) is 13.8. The van der Waals surface area contributed by atoms with E-state index in [-0.39, 0.29) is 0 Å². The van der Waals surface area contributed by atoms with Crippen molar-refractivity contribution in [3.63, 3.8) is 0 Å². The maximum absolute atomic E-state index is 5.48. The molecule has 0 radical (unpaired) electrons. The Morgan fingerprint density at radius 2 is 2.00 bits per heavy atom. The van der Waals surface area contributed by atoms with Crippen LogP contribution < -0.4 is 5.32 Å². The van der Waals surface area contributed by atoms with E-state index in [1.165, 1.54) is 31.5 Å². The number of nitrogens with one attached hydrogen (secondary N) is 1. The predicted octanol–water partition coefficient (Wildman–Crippen LogP) is 2.03. The van der Waals surface area contributed by atoms with E-state index in [0.717, 1.165) is 26.2 Å². The molecule has 0 amide bonds. The SMILES string of the molecule is CN1CCC(CN[C@@H]2CCOC2)(c2ccccc2)CC1. The van der Waals surface area contributed by atoms with Gasteiger partial charge in [0.25, 0.3) is 0 Å². The summed E-state index contributed by atoms with van der Waals surface area (Å²) in [6.45, 7) is 5.26. The minimum absolute atomic E-state index is 0.302. The van der Waals surface area contributed by atoms with E-state index in [1.807, 2.05) is 0 Å². The Morgan fingerprint density at radius 1 is 1.25 bits per heavy atom. The van der Waals surface area contributed by atoms with Crippen molar-refractivity contribution < 1.29 is 4.74 Å². The first-order valence-corrected chi connectivity index (χ1v) is 7.84. The summed E-state index contributed by atoms with van der Waals surface area (Å²) >= 11 is 0. The van der Waals surface area contributed by atoms with Gasteiger partial charge in [-0.05, 0) is 45.0 Å². The molecule has 0 saturated carbocycles. The fraction of sp³-hybridized carbons (Fsp3) is 0.647. The number of ether oxygens (including phenoxy) is 1. The predicted molar refractivity (Wildman–Crippen MR) is 82.1 cm³/mol. The third-order valence-corrected chi connectivity index (χ3v) is 4.99. The first kappa shape index (κ1) is 14.1. The first-order valence-electron chi connectivity index (χ1n) is 7.84. The van der Waals surface area contributed by atoms with Crippen molar-refractivity contribution in [3.8, 4) is 0 Å². The molecule has 2 heterocycles. The van der Waals surface area contributed by atoms with Crippen LogP contribution in [0.5, 0.6) is 0 Å². The van der Waals surface area contributed by atoms with Crippen LogP contribution >= 0.6 is 0 Å². The topological polar surface area (TPSA) is 24.5 Å². The molecule has 3 nitrogen and oxygen atoms in total. The van der Waals surface area contributed by atoms with Crippen LogP contribution in [0.3, 0.4) is 0 Å². The second-order valence-electron chi connectivity index (χ2n) is 6.39. The summed E-state index contributed by atoms with van der Waals surface area (Å²) in [7, 11) is 2.23. The minimum atomic E-state index is 0.302. The molecule has 0 aliphatic carbocycles. The fourth-order valence-electron chi connectivity index (χ4n) is 3.44. The Labute approximate surface area is 122 Å². The van der Waals surface area contributed by atoms with Crippen molar-refractivity contribution in [3.05, 3.63) is 35.9 Å². The summed E-state index contributed by atoms with van der Waals surface area (Å²) < 4.78 is 5.48. The number of hydrogen-bond acceptors (Lipinski definition) is 3. The van der Waals surface area contributed by atoms with Gasteiger partial charge < -0.3 is 15.0 Å². The molecule has 0 unspecified atom stereocenters. The zero-order valence-corrected chi connectivity index (χ0v) is 12.5. The molecule has 0 aromatic heterocycles. The van der Waals surface area contributed by atoms with Crippen LogP contribution in [0, 0.1) is 0 Å². The lowest BCUT2D eigenvalue weighted by atomic mass is 9.72. The second-order valence-corrected chi connectivity index (χ2v) is 6.39. The highest BCUT2D eigenvalue weighted by Gasteiger charge is 2.35. The summed E-state index contributed by atoms with van der Waals surface area (Å²) in [4.78, 5) is 2.44. The van der Waals surface area contributed by atoms with E-state index in [0.29, 0.717) is 11.5 Å². The van der Waals surface area contributed by atoms with Gasteiger partial charge in [-0.25, -0.2) is 0 Å². The van der Waals surface area contributed by atoms with E-state index in [4.69, 9.17) is 4.74 Å². The van der Waals surface area contributed by atoms with Crippen LogP contribution in [0.4, 0.5) is 0 Å². The third kappa shape index (κ3) is 3.05. The Hall–Kier alpha value is -0.900. The van der Waals surface area contributed by atoms with E-state index < -0.39 is 0 Å². The number of rotatable bonds is 4. The van der Waals surface area contributed by atoms with Gasteiger partial charge >= 0.3 is 0 Å². The van der Waals surface area contributed by atoms with E-state index in [1.54, 1.807) is 0 Å². The van der Waals surface area contributed by atoms with Gasteiger partial charge in [-0.1, -0.05) is 30.3 Å². The summed E-state index contributed by atoms with van der Waals surface area (Å²) in [5, 5.41) is 3.76. The summed E-state index contributed by atoms with van der Waals surface area (Å²) in [5.74, 6) is 0. The number of hydrogen-bond donors (Lipinski definition) is 1. The lowest BCUT2D eigenvalue weighted by Gasteiger charge is -2.42. The van der Waals surface area contributed by atoms with Crippen molar-refractivity contribution in [2.75, 3.05) is 39.9 Å². The molecule has 1 N–H and O–H groups in total. The van der Waals surface area contributed by atoms with E-state index in [2.05, 4.69) is 47.6 Å². The van der Waals surface area contributed by atoms with E-state index in [9.17, 15) is 0 Å². The molecule has 0 spiro atoms. The molecule has 3 heteroatoms. The smallest absolute Gasteiger partial charge is 0.0620 e. The first-order chi connectivity index (χ1) is 9.78. The van der Waals surface area contributed by atoms with Crippen LogP contribution in [-0.4, -0.2) is 50.8 Å². The molecule has 1 atom stereocenters. The molecule has 3 rings (SSSR count). The van der Waals surface area contributed by atoms with Gasteiger partial charge in [0.2, 0.25) is 0 Å². The molecule has 20 heavy (non-hydrogen) atoms. The molecule has 0 bridgehead atoms. The molecule has 2 fully saturated rings. The van der Waals surface area contributed by atoms with Crippen molar-refractivity contribution in [1.29, 1.82) is 0 Å². The molecule has 1 aromatic rings. The lowest BCUT2D eigenvalue weighted by Crippen LogP contribution is -2.49. The van der Waals surface area contributed by atoms with Crippen LogP contribution in [-0.2, 0) is 10.2 Å². The molecule has 1 aromatic carbocycles. The van der Waals surface area contributed by atoms with Crippen LogP contribution in [0.25, 0.3) is 0 Å². The maximum Gasteiger partial charge on any atom is 0.0620 e. The highest BCUT2D eigenvalue weighted by atomic mass is 16.5. The minimum Gasteiger partial charge on any atom is -0.380 e. The standard InChI is InChI=1S/C17H26N2O/c1-19-10-8-17(9-11-19,15-5-3-2-4-6-15)14-18-16-7-12-20-13-16/h2-6,16,18H,7-14H2,1H3/t16-/m1/s1. The van der Waals surface area contributed by atoms with Gasteiger partial charge in [-0.15, -0.1) is 0 Å². The van der Waals surface area contributed by atoms with Crippen LogP contribution in [0.15, 0.2) is 30.3 Å². The number of benzene rings is 1. The molecular weight excluding hydrogens is 248 g/mol. The normalized spacial score (nSPS) is 26.8. The molecule has 2 aliphatic rings. The highest BCUT2D eigenvalue weighted by molar-refractivity contribution is 5.27. The van der Waals surface area contributed by atoms with Gasteiger partial charge in [0.05, 0.1) is 6.61 Å². The Bertz CT molecular complexity index is 406. The van der Waals surface area contributed by atoms with Crippen LogP contribution in [0.2, 0.25) is 0 Å². The second kappa shape index (κ2) is 6.25. The largest absolute Gasteiger partial charge is 0.380 e. The monoisotopic (exact) mass is 274 g/mol. The van der Waals surface area contributed by atoms with Gasteiger partial charge in [0.15, 0.2) is 0 Å². The fourth-order valence-corrected chi connectivity index (χ4v) is 3.44. The number of nitrogens with zero attached hydrogens (tertiary/aromatic N) is 1. The van der Waals surface area contributed by atoms with Crippen molar-refractivity contribution in [2.24, 2.45) is 0 Å². The Balaban J connectivity index is 1.73. The average Bonchev–Trinajstić information content (AvgIpc) is 3.01. The van der Waals surface area contributed by atoms with Crippen molar-refractivity contribution in [2.45, 2.75) is 30.7 Å². The van der Waals surface area contributed by atoms with Gasteiger partial charge in [-0.2, -0.15) is 0 Å². The summed E-state index contributed by atoms with van der Waals surface area (Å²) in [5.41, 5.74) is 1.80. The van der Waals surface area contributed by atoms with Gasteiger partial charge in [0.1, 0.15) is 0 Å². The average molecular weight is 274 g/mol. The molecule has 110 valence electrons. The molecular formula is C17H26N2O. The van der Waals surface area contributed by atoms with Crippen LogP contribution in [0.1, 0.15) is 24.8 Å². The number of piperidine rings is 1. The van der Waals surface area contributed by atoms with Crippen molar-refractivity contribution in [1.82, 2.24) is 10.2 Å². The highest BCUT2D eigenvalue weighted by Crippen LogP contribution is 2.34. The third-order valence-electron chi connectivity index (χ3n) is 4.99.